The molecule has 2 unspecified atom stereocenters. The van der Waals surface area contributed by atoms with Crippen molar-refractivity contribution in [3.63, 3.8) is 0 Å². The van der Waals surface area contributed by atoms with E-state index in [0.29, 0.717) is 19.3 Å². The van der Waals surface area contributed by atoms with Crippen LogP contribution in [0.4, 0.5) is 0 Å². The van der Waals surface area contributed by atoms with Crippen molar-refractivity contribution in [3.05, 3.63) is 29.8 Å². The molecule has 172 valence electrons. The summed E-state index contributed by atoms with van der Waals surface area (Å²) < 4.78 is 16.7. The Balaban J connectivity index is 0.00000450. The molecular formula is C22H39IN4O3. The van der Waals surface area contributed by atoms with Gasteiger partial charge in [-0.1, -0.05) is 12.1 Å². The molecule has 0 aliphatic carbocycles. The Morgan fingerprint density at radius 3 is 2.83 bits per heavy atom. The maximum Gasteiger partial charge on any atom is 0.191 e. The molecule has 2 N–H and O–H groups in total. The minimum Gasteiger partial charge on any atom is -0.497 e. The number of aliphatic imine (C=N–C) groups is 1. The highest BCUT2D eigenvalue weighted by Crippen LogP contribution is 2.22. The van der Waals surface area contributed by atoms with Crippen LogP contribution in [0.5, 0.6) is 5.75 Å². The monoisotopic (exact) mass is 534 g/mol. The number of methoxy groups -OCH3 is 1. The summed E-state index contributed by atoms with van der Waals surface area (Å²) in [6, 6.07) is 8.36. The van der Waals surface area contributed by atoms with E-state index in [1.807, 2.05) is 12.1 Å². The molecule has 7 nitrogen and oxygen atoms in total. The zero-order chi connectivity index (χ0) is 20.9. The van der Waals surface area contributed by atoms with Gasteiger partial charge in [0.15, 0.2) is 5.96 Å². The molecule has 0 saturated carbocycles. The second-order valence-electron chi connectivity index (χ2n) is 7.47. The Labute approximate surface area is 199 Å². The quantitative estimate of drug-likeness (QED) is 0.186. The Morgan fingerprint density at radius 1 is 1.33 bits per heavy atom. The van der Waals surface area contributed by atoms with Gasteiger partial charge in [0.1, 0.15) is 5.75 Å². The molecule has 0 radical (unpaired) electrons. The average molecular weight is 534 g/mol. The predicted octanol–water partition coefficient (Wildman–Crippen LogP) is 3.06. The van der Waals surface area contributed by atoms with E-state index in [1.54, 1.807) is 7.11 Å². The highest BCUT2D eigenvalue weighted by Gasteiger charge is 2.16. The summed E-state index contributed by atoms with van der Waals surface area (Å²) in [5.74, 6) is 1.70. The third-order valence-electron chi connectivity index (χ3n) is 4.95. The van der Waals surface area contributed by atoms with Gasteiger partial charge >= 0.3 is 0 Å². The fourth-order valence-electron chi connectivity index (χ4n) is 3.31. The van der Waals surface area contributed by atoms with Gasteiger partial charge in [-0.25, -0.2) is 0 Å². The molecule has 0 spiro atoms. The number of hydrogen-bond donors (Lipinski definition) is 2. The number of rotatable bonds is 12. The first kappa shape index (κ1) is 26.9. The van der Waals surface area contributed by atoms with Crippen molar-refractivity contribution in [3.8, 4) is 5.75 Å². The summed E-state index contributed by atoms with van der Waals surface area (Å²) in [6.07, 6.45) is 3.50. The summed E-state index contributed by atoms with van der Waals surface area (Å²) in [5, 5.41) is 6.72. The van der Waals surface area contributed by atoms with E-state index in [-0.39, 0.29) is 30.0 Å². The highest BCUT2D eigenvalue weighted by atomic mass is 127. The summed E-state index contributed by atoms with van der Waals surface area (Å²) >= 11 is 0. The van der Waals surface area contributed by atoms with Crippen LogP contribution in [0.2, 0.25) is 0 Å². The zero-order valence-corrected chi connectivity index (χ0v) is 21.2. The second kappa shape index (κ2) is 15.7. The highest BCUT2D eigenvalue weighted by molar-refractivity contribution is 14.0. The number of halogens is 1. The summed E-state index contributed by atoms with van der Waals surface area (Å²) in [4.78, 5) is 6.98. The molecule has 1 aliphatic heterocycles. The molecule has 8 heteroatoms. The third-order valence-corrected chi connectivity index (χ3v) is 4.95. The van der Waals surface area contributed by atoms with Gasteiger partial charge in [-0.3, -0.25) is 4.99 Å². The van der Waals surface area contributed by atoms with Gasteiger partial charge in [-0.05, 0) is 58.0 Å². The third kappa shape index (κ3) is 9.80. The number of benzene rings is 1. The first-order valence-electron chi connectivity index (χ1n) is 10.7. The lowest BCUT2D eigenvalue weighted by Crippen LogP contribution is -2.39. The van der Waals surface area contributed by atoms with Crippen molar-refractivity contribution in [1.82, 2.24) is 15.5 Å². The SMILES string of the molecule is CCNC(=NCC(c1cccc(OC)c1)N(C)C)NCCCOCC1CCCO1.I. The van der Waals surface area contributed by atoms with Gasteiger partial charge in [0.25, 0.3) is 0 Å². The largest absolute Gasteiger partial charge is 0.497 e. The molecule has 1 heterocycles. The molecule has 1 fully saturated rings. The lowest BCUT2D eigenvalue weighted by molar-refractivity contribution is 0.0168. The van der Waals surface area contributed by atoms with Crippen molar-refractivity contribution in [2.24, 2.45) is 4.99 Å². The van der Waals surface area contributed by atoms with E-state index in [1.165, 1.54) is 5.56 Å². The fraction of sp³-hybridized carbons (Fsp3) is 0.682. The van der Waals surface area contributed by atoms with Crippen LogP contribution in [0.25, 0.3) is 0 Å². The summed E-state index contributed by atoms with van der Waals surface area (Å²) in [5.41, 5.74) is 1.19. The Hall–Kier alpha value is -1.10. The van der Waals surface area contributed by atoms with Crippen molar-refractivity contribution >= 4 is 29.9 Å². The zero-order valence-electron chi connectivity index (χ0n) is 18.9. The van der Waals surface area contributed by atoms with E-state index >= 15 is 0 Å². The Morgan fingerprint density at radius 2 is 2.17 bits per heavy atom. The molecule has 1 aliphatic rings. The lowest BCUT2D eigenvalue weighted by Gasteiger charge is -2.24. The fourth-order valence-corrected chi connectivity index (χ4v) is 3.31. The maximum absolute atomic E-state index is 5.72. The molecule has 30 heavy (non-hydrogen) atoms. The van der Waals surface area contributed by atoms with Crippen LogP contribution in [0.3, 0.4) is 0 Å². The number of nitrogens with one attached hydrogen (secondary N) is 2. The number of guanidine groups is 1. The molecular weight excluding hydrogens is 495 g/mol. The van der Waals surface area contributed by atoms with Crippen LogP contribution < -0.4 is 15.4 Å². The Kier molecular flexibility index (Phi) is 14.1. The van der Waals surface area contributed by atoms with Crippen LogP contribution in [-0.4, -0.2) is 77.6 Å². The number of nitrogens with zero attached hydrogens (tertiary/aromatic N) is 2. The molecule has 0 aromatic heterocycles. The normalized spacial score (nSPS) is 17.5. The molecule has 0 bridgehead atoms. The minimum absolute atomic E-state index is 0. The maximum atomic E-state index is 5.72. The van der Waals surface area contributed by atoms with Gasteiger partial charge in [-0.15, -0.1) is 24.0 Å². The lowest BCUT2D eigenvalue weighted by atomic mass is 10.1. The van der Waals surface area contributed by atoms with Gasteiger partial charge in [-0.2, -0.15) is 0 Å². The van der Waals surface area contributed by atoms with Crippen LogP contribution >= 0.6 is 24.0 Å². The van der Waals surface area contributed by atoms with Crippen LogP contribution in [0.1, 0.15) is 37.8 Å². The smallest absolute Gasteiger partial charge is 0.191 e. The molecule has 2 atom stereocenters. The van der Waals surface area contributed by atoms with Gasteiger partial charge in [0.05, 0.1) is 32.4 Å². The number of ether oxygens (including phenoxy) is 3. The van der Waals surface area contributed by atoms with Crippen LogP contribution in [0, 0.1) is 0 Å². The van der Waals surface area contributed by atoms with E-state index in [9.17, 15) is 0 Å². The summed E-state index contributed by atoms with van der Waals surface area (Å²) in [7, 11) is 5.84. The van der Waals surface area contributed by atoms with Crippen molar-refractivity contribution in [1.29, 1.82) is 0 Å². The molecule has 0 amide bonds. The summed E-state index contributed by atoms with van der Waals surface area (Å²) in [6.45, 7) is 6.70. The Bertz CT molecular complexity index is 610. The standard InChI is InChI=1S/C22H38N4O3.HI/c1-5-23-22(24-12-8-13-28-17-20-11-7-14-29-20)25-16-21(26(2)3)18-9-6-10-19(15-18)27-4;/h6,9-10,15,20-21H,5,7-8,11-14,16-17H2,1-4H3,(H2,23,24,25);1H. The molecule has 1 aromatic rings. The van der Waals surface area contributed by atoms with Crippen molar-refractivity contribution < 1.29 is 14.2 Å². The molecule has 2 rings (SSSR count). The topological polar surface area (TPSA) is 67.4 Å². The van der Waals surface area contributed by atoms with Crippen LogP contribution in [0.15, 0.2) is 29.3 Å². The van der Waals surface area contributed by atoms with Gasteiger partial charge < -0.3 is 29.7 Å². The van der Waals surface area contributed by atoms with Gasteiger partial charge in [0.2, 0.25) is 0 Å². The van der Waals surface area contributed by atoms with E-state index < -0.39 is 0 Å². The minimum atomic E-state index is 0. The predicted molar refractivity (Wildman–Crippen MR) is 133 cm³/mol. The average Bonchev–Trinajstić information content (AvgIpc) is 3.24. The first-order valence-corrected chi connectivity index (χ1v) is 10.7. The first-order chi connectivity index (χ1) is 14.1. The second-order valence-corrected chi connectivity index (χ2v) is 7.47. The number of likely N-dealkylation sites (N-methyl/N-ethyl adjacent to an activating group) is 1. The van der Waals surface area contributed by atoms with Crippen LogP contribution in [-0.2, 0) is 9.47 Å². The number of hydrogen-bond acceptors (Lipinski definition) is 5. The van der Waals surface area contributed by atoms with Crippen molar-refractivity contribution in [2.75, 3.05) is 60.7 Å². The van der Waals surface area contributed by atoms with E-state index in [2.05, 4.69) is 48.7 Å². The van der Waals surface area contributed by atoms with Gasteiger partial charge in [0, 0.05) is 26.3 Å². The molecule has 1 aromatic carbocycles. The molecule has 1 saturated heterocycles. The van der Waals surface area contributed by atoms with E-state index in [0.717, 1.165) is 57.3 Å². The van der Waals surface area contributed by atoms with Crippen molar-refractivity contribution in [2.45, 2.75) is 38.3 Å². The van der Waals surface area contributed by atoms with E-state index in [4.69, 9.17) is 19.2 Å².